The van der Waals surface area contributed by atoms with Crippen LogP contribution in [-0.4, -0.2) is 39.0 Å². The maximum atomic E-state index is 12.5. The molecule has 1 aliphatic heterocycles. The molecule has 6 heteroatoms. The number of hydrogen-bond donors (Lipinski definition) is 0. The highest BCUT2D eigenvalue weighted by Crippen LogP contribution is 2.28. The number of benzene rings is 1. The molecule has 27 heavy (non-hydrogen) atoms. The predicted octanol–water partition coefficient (Wildman–Crippen LogP) is 3.47. The van der Waals surface area contributed by atoms with Crippen LogP contribution in [0.25, 0.3) is 11.5 Å². The zero-order valence-electron chi connectivity index (χ0n) is 15.1. The van der Waals surface area contributed by atoms with Crippen molar-refractivity contribution >= 4 is 5.91 Å². The summed E-state index contributed by atoms with van der Waals surface area (Å²) in [7, 11) is 0. The Bertz CT molecular complexity index is 871. The van der Waals surface area contributed by atoms with E-state index >= 15 is 0 Å². The molecule has 3 aromatic rings. The highest BCUT2D eigenvalue weighted by atomic mass is 16.5. The van der Waals surface area contributed by atoms with Crippen molar-refractivity contribution < 1.29 is 9.32 Å². The number of nitrogens with zero attached hydrogens (tertiary/aromatic N) is 4. The summed E-state index contributed by atoms with van der Waals surface area (Å²) in [5.41, 5.74) is 2.04. The molecule has 0 N–H and O–H groups in total. The number of rotatable bonds is 5. The molecule has 6 nitrogen and oxygen atoms in total. The molecule has 0 bridgehead atoms. The molecule has 4 rings (SSSR count). The highest BCUT2D eigenvalue weighted by Gasteiger charge is 2.24. The normalized spacial score (nSPS) is 15.0. The van der Waals surface area contributed by atoms with Crippen LogP contribution >= 0.6 is 0 Å². The van der Waals surface area contributed by atoms with Gasteiger partial charge < -0.3 is 9.42 Å². The summed E-state index contributed by atoms with van der Waals surface area (Å²) >= 11 is 0. The first kappa shape index (κ1) is 17.4. The van der Waals surface area contributed by atoms with Gasteiger partial charge in [-0.05, 0) is 36.5 Å². The fraction of sp³-hybridized carbons (Fsp3) is 0.333. The van der Waals surface area contributed by atoms with E-state index < -0.39 is 0 Å². The van der Waals surface area contributed by atoms with Crippen molar-refractivity contribution in [1.29, 1.82) is 0 Å². The minimum absolute atomic E-state index is 0.152. The molecule has 1 aromatic carbocycles. The number of piperidine rings is 1. The molecule has 1 saturated heterocycles. The Labute approximate surface area is 158 Å². The van der Waals surface area contributed by atoms with Gasteiger partial charge in [0.05, 0.1) is 0 Å². The predicted molar refractivity (Wildman–Crippen MR) is 101 cm³/mol. The molecule has 0 aliphatic carbocycles. The second-order valence-corrected chi connectivity index (χ2v) is 6.79. The zero-order valence-corrected chi connectivity index (χ0v) is 15.1. The van der Waals surface area contributed by atoms with Crippen molar-refractivity contribution in [3.63, 3.8) is 0 Å². The fourth-order valence-electron chi connectivity index (χ4n) is 3.51. The van der Waals surface area contributed by atoms with Crippen molar-refractivity contribution in [3.8, 4) is 11.5 Å². The van der Waals surface area contributed by atoms with Crippen LogP contribution in [0.1, 0.15) is 36.6 Å². The molecule has 0 unspecified atom stereocenters. The Morgan fingerprint density at radius 1 is 1.07 bits per heavy atom. The summed E-state index contributed by atoms with van der Waals surface area (Å²) in [6.07, 6.45) is 4.56. The van der Waals surface area contributed by atoms with Crippen LogP contribution in [0.3, 0.4) is 0 Å². The topological polar surface area (TPSA) is 72.1 Å². The van der Waals surface area contributed by atoms with E-state index in [1.807, 2.05) is 29.2 Å². The Kier molecular flexibility index (Phi) is 5.23. The second kappa shape index (κ2) is 8.12. The van der Waals surface area contributed by atoms with E-state index in [1.165, 1.54) is 5.56 Å². The van der Waals surface area contributed by atoms with Crippen molar-refractivity contribution in [2.45, 2.75) is 31.6 Å². The SMILES string of the molecule is O=C(CCc1nc(-c2ccccn2)no1)N1CCC(c2ccccc2)CC1. The third-order valence-corrected chi connectivity index (χ3v) is 5.03. The molecule has 0 saturated carbocycles. The molecular weight excluding hydrogens is 340 g/mol. The van der Waals surface area contributed by atoms with Crippen LogP contribution in [0.2, 0.25) is 0 Å². The highest BCUT2D eigenvalue weighted by molar-refractivity contribution is 5.76. The van der Waals surface area contributed by atoms with Crippen LogP contribution < -0.4 is 0 Å². The van der Waals surface area contributed by atoms with Crippen LogP contribution in [-0.2, 0) is 11.2 Å². The van der Waals surface area contributed by atoms with Crippen LogP contribution in [0.5, 0.6) is 0 Å². The number of carbonyl (C=O) groups is 1. The monoisotopic (exact) mass is 362 g/mol. The number of aromatic nitrogens is 3. The summed E-state index contributed by atoms with van der Waals surface area (Å²) in [6.45, 7) is 1.61. The van der Waals surface area contributed by atoms with Gasteiger partial charge in [0.1, 0.15) is 5.69 Å². The van der Waals surface area contributed by atoms with Crippen LogP contribution in [0.4, 0.5) is 0 Å². The van der Waals surface area contributed by atoms with Gasteiger partial charge >= 0.3 is 0 Å². The van der Waals surface area contributed by atoms with Crippen LogP contribution in [0.15, 0.2) is 59.3 Å². The van der Waals surface area contributed by atoms with Crippen molar-refractivity contribution in [1.82, 2.24) is 20.0 Å². The average molecular weight is 362 g/mol. The number of aryl methyl sites for hydroxylation is 1. The Morgan fingerprint density at radius 2 is 1.85 bits per heavy atom. The van der Waals surface area contributed by atoms with Crippen molar-refractivity contribution in [2.24, 2.45) is 0 Å². The van der Waals surface area contributed by atoms with Gasteiger partial charge in [-0.2, -0.15) is 4.98 Å². The largest absolute Gasteiger partial charge is 0.343 e. The Morgan fingerprint density at radius 3 is 2.59 bits per heavy atom. The first-order valence-corrected chi connectivity index (χ1v) is 9.36. The molecule has 3 heterocycles. The van der Waals surface area contributed by atoms with Gasteiger partial charge in [0, 0.05) is 32.1 Å². The Balaban J connectivity index is 1.27. The lowest BCUT2D eigenvalue weighted by Crippen LogP contribution is -2.38. The number of likely N-dealkylation sites (tertiary alicyclic amines) is 1. The minimum Gasteiger partial charge on any atom is -0.343 e. The summed E-state index contributed by atoms with van der Waals surface area (Å²) in [5.74, 6) is 1.64. The molecule has 0 atom stereocenters. The lowest BCUT2D eigenvalue weighted by Gasteiger charge is -2.32. The summed E-state index contributed by atoms with van der Waals surface area (Å²) in [6, 6.07) is 16.1. The maximum absolute atomic E-state index is 12.5. The summed E-state index contributed by atoms with van der Waals surface area (Å²) in [5, 5.41) is 3.95. The Hall–Kier alpha value is -3.02. The molecule has 0 spiro atoms. The number of amides is 1. The van der Waals surface area contributed by atoms with Gasteiger partial charge in [-0.3, -0.25) is 9.78 Å². The summed E-state index contributed by atoms with van der Waals surface area (Å²) < 4.78 is 5.26. The van der Waals surface area contributed by atoms with Gasteiger partial charge in [-0.25, -0.2) is 0 Å². The van der Waals surface area contributed by atoms with Gasteiger partial charge in [0.2, 0.25) is 17.6 Å². The van der Waals surface area contributed by atoms with Crippen molar-refractivity contribution in [2.75, 3.05) is 13.1 Å². The summed E-state index contributed by atoms with van der Waals surface area (Å²) in [4.78, 5) is 23.0. The third kappa shape index (κ3) is 4.22. The van der Waals surface area contributed by atoms with E-state index in [9.17, 15) is 4.79 Å². The molecule has 2 aromatic heterocycles. The number of hydrogen-bond acceptors (Lipinski definition) is 5. The minimum atomic E-state index is 0.152. The second-order valence-electron chi connectivity index (χ2n) is 6.79. The molecule has 1 fully saturated rings. The quantitative estimate of drug-likeness (QED) is 0.695. The lowest BCUT2D eigenvalue weighted by atomic mass is 9.89. The fourth-order valence-corrected chi connectivity index (χ4v) is 3.51. The van der Waals surface area contributed by atoms with E-state index in [-0.39, 0.29) is 5.91 Å². The smallest absolute Gasteiger partial charge is 0.227 e. The van der Waals surface area contributed by atoms with E-state index in [0.717, 1.165) is 25.9 Å². The maximum Gasteiger partial charge on any atom is 0.227 e. The standard InChI is InChI=1S/C21H22N4O2/c26-20(25-14-11-17(12-15-25)16-6-2-1-3-7-16)10-9-19-23-21(24-27-19)18-8-4-5-13-22-18/h1-8,13,17H,9-12,14-15H2. The number of pyridine rings is 1. The molecule has 1 aliphatic rings. The van der Waals surface area contributed by atoms with Gasteiger partial charge in [-0.15, -0.1) is 0 Å². The molecule has 1 amide bonds. The van der Waals surface area contributed by atoms with Gasteiger partial charge in [0.15, 0.2) is 0 Å². The van der Waals surface area contributed by atoms with E-state index in [2.05, 4.69) is 39.4 Å². The molecule has 0 radical (unpaired) electrons. The van der Waals surface area contributed by atoms with E-state index in [0.29, 0.717) is 36.2 Å². The van der Waals surface area contributed by atoms with Crippen molar-refractivity contribution in [3.05, 3.63) is 66.2 Å². The van der Waals surface area contributed by atoms with Gasteiger partial charge in [-0.1, -0.05) is 41.6 Å². The van der Waals surface area contributed by atoms with Gasteiger partial charge in [0.25, 0.3) is 0 Å². The van der Waals surface area contributed by atoms with E-state index in [4.69, 9.17) is 4.52 Å². The lowest BCUT2D eigenvalue weighted by molar-refractivity contribution is -0.132. The number of carbonyl (C=O) groups excluding carboxylic acids is 1. The third-order valence-electron chi connectivity index (χ3n) is 5.03. The van der Waals surface area contributed by atoms with E-state index in [1.54, 1.807) is 6.20 Å². The molecular formula is C21H22N4O2. The average Bonchev–Trinajstić information content (AvgIpc) is 3.22. The van der Waals surface area contributed by atoms with Crippen LogP contribution in [0, 0.1) is 0 Å². The first-order valence-electron chi connectivity index (χ1n) is 9.36. The molecule has 138 valence electrons. The first-order chi connectivity index (χ1) is 13.3. The zero-order chi connectivity index (χ0) is 18.5.